The molecule has 1 aliphatic carbocycles. The molecular formula is C23H35NO5. The summed E-state index contributed by atoms with van der Waals surface area (Å²) in [5.74, 6) is -1.22. The molecule has 0 saturated heterocycles. The molecule has 1 fully saturated rings. The Morgan fingerprint density at radius 1 is 1.03 bits per heavy atom. The topological polar surface area (TPSA) is 75.7 Å². The van der Waals surface area contributed by atoms with E-state index in [9.17, 15) is 14.7 Å². The fraction of sp³-hybridized carbons (Fsp3) is 0.652. The third-order valence-corrected chi connectivity index (χ3v) is 5.52. The summed E-state index contributed by atoms with van der Waals surface area (Å²) in [4.78, 5) is 24.9. The van der Waals surface area contributed by atoms with E-state index in [0.717, 1.165) is 25.7 Å². The number of carbonyl (C=O) groups is 2. The Hall–Kier alpha value is -1.92. The van der Waals surface area contributed by atoms with Gasteiger partial charge in [0.1, 0.15) is 13.2 Å². The summed E-state index contributed by atoms with van der Waals surface area (Å²) in [7, 11) is 3.78. The van der Waals surface area contributed by atoms with Gasteiger partial charge >= 0.3 is 5.97 Å². The summed E-state index contributed by atoms with van der Waals surface area (Å²) < 4.78 is 11.2. The van der Waals surface area contributed by atoms with Crippen molar-refractivity contribution < 1.29 is 28.7 Å². The zero-order chi connectivity index (χ0) is 21.7. The molecule has 29 heavy (non-hydrogen) atoms. The van der Waals surface area contributed by atoms with Crippen LogP contribution in [0.2, 0.25) is 0 Å². The first kappa shape index (κ1) is 23.4. The maximum atomic E-state index is 13.7. The van der Waals surface area contributed by atoms with Crippen molar-refractivity contribution in [3.8, 4) is 0 Å². The average molecular weight is 406 g/mol. The number of esters is 2. The normalized spacial score (nSPS) is 17.6. The quantitative estimate of drug-likeness (QED) is 0.377. The second kappa shape index (κ2) is 9.26. The molecule has 0 aromatic heterocycles. The number of hydrogen-bond acceptors (Lipinski definition) is 5. The lowest BCUT2D eigenvalue weighted by Gasteiger charge is -2.43. The molecule has 0 aliphatic heterocycles. The SMILES string of the molecule is CC(C)(C)C(=O)OC[N+](C)(C)CCOC(=O)C([O-])(c1ccccc1)C1CCCC1. The van der Waals surface area contributed by atoms with E-state index >= 15 is 0 Å². The van der Waals surface area contributed by atoms with Crippen molar-refractivity contribution in [1.29, 1.82) is 0 Å². The number of likely N-dealkylation sites (N-methyl/N-ethyl adjacent to an activating group) is 1. The van der Waals surface area contributed by atoms with Gasteiger partial charge in [-0.1, -0.05) is 56.0 Å². The van der Waals surface area contributed by atoms with Crippen LogP contribution >= 0.6 is 0 Å². The Bertz CT molecular complexity index is 689. The summed E-state index contributed by atoms with van der Waals surface area (Å²) >= 11 is 0. The highest BCUT2D eigenvalue weighted by molar-refractivity contribution is 5.81. The lowest BCUT2D eigenvalue weighted by molar-refractivity contribution is -0.907. The fourth-order valence-electron chi connectivity index (χ4n) is 3.55. The molecule has 1 aromatic carbocycles. The van der Waals surface area contributed by atoms with Crippen molar-refractivity contribution in [3.05, 3.63) is 35.9 Å². The van der Waals surface area contributed by atoms with E-state index in [0.29, 0.717) is 16.6 Å². The first-order valence-corrected chi connectivity index (χ1v) is 10.4. The van der Waals surface area contributed by atoms with Gasteiger partial charge in [0.2, 0.25) is 6.73 Å². The summed E-state index contributed by atoms with van der Waals surface area (Å²) in [6, 6.07) is 8.85. The van der Waals surface area contributed by atoms with Gasteiger partial charge in [0.05, 0.1) is 19.5 Å². The molecule has 0 heterocycles. The third-order valence-electron chi connectivity index (χ3n) is 5.52. The van der Waals surface area contributed by atoms with E-state index in [-0.39, 0.29) is 25.2 Å². The van der Waals surface area contributed by atoms with Gasteiger partial charge in [-0.15, -0.1) is 0 Å². The Labute approximate surface area is 174 Å². The molecular weight excluding hydrogens is 370 g/mol. The largest absolute Gasteiger partial charge is 0.837 e. The van der Waals surface area contributed by atoms with Gasteiger partial charge in [0, 0.05) is 5.60 Å². The predicted octanol–water partition coefficient (Wildman–Crippen LogP) is 2.60. The first-order valence-electron chi connectivity index (χ1n) is 10.4. The summed E-state index contributed by atoms with van der Waals surface area (Å²) in [5.41, 5.74) is -1.95. The molecule has 0 amide bonds. The Morgan fingerprint density at radius 3 is 2.17 bits per heavy atom. The molecule has 1 atom stereocenters. The zero-order valence-electron chi connectivity index (χ0n) is 18.4. The van der Waals surface area contributed by atoms with Crippen LogP contribution in [0.15, 0.2) is 30.3 Å². The van der Waals surface area contributed by atoms with Crippen molar-refractivity contribution in [2.24, 2.45) is 11.3 Å². The Morgan fingerprint density at radius 2 is 1.62 bits per heavy atom. The molecule has 0 spiro atoms. The fourth-order valence-corrected chi connectivity index (χ4v) is 3.55. The van der Waals surface area contributed by atoms with Crippen LogP contribution in [0.4, 0.5) is 0 Å². The first-order chi connectivity index (χ1) is 13.5. The molecule has 1 aromatic rings. The van der Waals surface area contributed by atoms with E-state index in [1.807, 2.05) is 20.2 Å². The van der Waals surface area contributed by atoms with Crippen LogP contribution in [0.1, 0.15) is 52.0 Å². The smallest absolute Gasteiger partial charge is 0.315 e. The molecule has 1 unspecified atom stereocenters. The molecule has 1 saturated carbocycles. The number of benzene rings is 1. The lowest BCUT2D eigenvalue weighted by atomic mass is 9.80. The number of ether oxygens (including phenoxy) is 2. The lowest BCUT2D eigenvalue weighted by Crippen LogP contribution is -2.55. The van der Waals surface area contributed by atoms with Crippen LogP contribution in [-0.4, -0.2) is 50.4 Å². The third kappa shape index (κ3) is 6.03. The maximum Gasteiger partial charge on any atom is 0.315 e. The predicted molar refractivity (Wildman–Crippen MR) is 108 cm³/mol. The molecule has 1 aliphatic rings. The number of rotatable bonds is 8. The minimum atomic E-state index is -1.87. The van der Waals surface area contributed by atoms with Crippen LogP contribution in [0, 0.1) is 11.3 Å². The van der Waals surface area contributed by atoms with Gasteiger partial charge in [0.15, 0.2) is 0 Å². The number of quaternary nitrogens is 1. The minimum absolute atomic E-state index is 0.0996. The monoisotopic (exact) mass is 405 g/mol. The molecule has 6 heteroatoms. The second-order valence-corrected chi connectivity index (χ2v) is 9.69. The molecule has 0 bridgehead atoms. The molecule has 162 valence electrons. The molecule has 0 radical (unpaired) electrons. The van der Waals surface area contributed by atoms with Crippen molar-refractivity contribution in [3.63, 3.8) is 0 Å². The Balaban J connectivity index is 1.97. The van der Waals surface area contributed by atoms with Gasteiger partial charge in [-0.05, 0) is 32.3 Å². The van der Waals surface area contributed by atoms with Crippen LogP contribution in [0.25, 0.3) is 0 Å². The molecule has 6 nitrogen and oxygen atoms in total. The molecule has 2 rings (SSSR count). The second-order valence-electron chi connectivity index (χ2n) is 9.69. The van der Waals surface area contributed by atoms with Crippen molar-refractivity contribution >= 4 is 11.9 Å². The van der Waals surface area contributed by atoms with Crippen LogP contribution < -0.4 is 5.11 Å². The van der Waals surface area contributed by atoms with Gasteiger partial charge in [-0.2, -0.15) is 0 Å². The van der Waals surface area contributed by atoms with Crippen molar-refractivity contribution in [2.75, 3.05) is 34.0 Å². The Kier molecular flexibility index (Phi) is 7.46. The zero-order valence-corrected chi connectivity index (χ0v) is 18.4. The van der Waals surface area contributed by atoms with Crippen molar-refractivity contribution in [1.82, 2.24) is 0 Å². The van der Waals surface area contributed by atoms with E-state index in [4.69, 9.17) is 9.47 Å². The summed E-state index contributed by atoms with van der Waals surface area (Å²) in [6.07, 6.45) is 3.44. The highest BCUT2D eigenvalue weighted by Gasteiger charge is 2.39. The van der Waals surface area contributed by atoms with Crippen LogP contribution in [0.3, 0.4) is 0 Å². The standard InChI is InChI=1S/C23H35NO5/c1-22(2,3)20(25)29-17-24(4,5)15-16-28-21(26)23(27,19-13-9-10-14-19)18-11-7-6-8-12-18/h6-8,11-12,19H,9-10,13-17H2,1-5H3. The highest BCUT2D eigenvalue weighted by Crippen LogP contribution is 2.39. The number of nitrogens with zero attached hydrogens (tertiary/aromatic N) is 1. The van der Waals surface area contributed by atoms with Crippen molar-refractivity contribution in [2.45, 2.75) is 52.1 Å². The molecule has 0 N–H and O–H groups in total. The van der Waals surface area contributed by atoms with Crippen LogP contribution in [0.5, 0.6) is 0 Å². The van der Waals surface area contributed by atoms with Crippen LogP contribution in [-0.2, 0) is 24.7 Å². The van der Waals surface area contributed by atoms with Gasteiger partial charge in [0.25, 0.3) is 5.97 Å². The van der Waals surface area contributed by atoms with E-state index in [1.54, 1.807) is 45.0 Å². The highest BCUT2D eigenvalue weighted by atomic mass is 16.6. The van der Waals surface area contributed by atoms with E-state index in [2.05, 4.69) is 0 Å². The van der Waals surface area contributed by atoms with Gasteiger partial charge in [-0.25, -0.2) is 0 Å². The number of carbonyl (C=O) groups excluding carboxylic acids is 2. The summed E-state index contributed by atoms with van der Waals surface area (Å²) in [5, 5.41) is 13.7. The van der Waals surface area contributed by atoms with Gasteiger partial charge in [-0.3, -0.25) is 14.1 Å². The average Bonchev–Trinajstić information content (AvgIpc) is 3.20. The minimum Gasteiger partial charge on any atom is -0.837 e. The maximum absolute atomic E-state index is 13.7. The number of hydrogen-bond donors (Lipinski definition) is 0. The van der Waals surface area contributed by atoms with E-state index in [1.165, 1.54) is 0 Å². The summed E-state index contributed by atoms with van der Waals surface area (Å²) in [6.45, 7) is 6.13. The van der Waals surface area contributed by atoms with E-state index < -0.39 is 17.0 Å². The van der Waals surface area contributed by atoms with Gasteiger partial charge < -0.3 is 14.6 Å².